The van der Waals surface area contributed by atoms with E-state index in [0.29, 0.717) is 32.9 Å². The van der Waals surface area contributed by atoms with Crippen LogP contribution in [0.15, 0.2) is 36.7 Å². The quantitative estimate of drug-likeness (QED) is 0.418. The molecule has 2 aromatic rings. The molecule has 2 fully saturated rings. The van der Waals surface area contributed by atoms with Crippen LogP contribution in [0, 0.1) is 0 Å². The average Bonchev–Trinajstić information content (AvgIpc) is 3.65. The molecule has 4 aliphatic rings. The molecule has 0 spiro atoms. The Kier molecular flexibility index (Phi) is 5.53. The predicted octanol–water partition coefficient (Wildman–Crippen LogP) is -1.21. The molecule has 196 valence electrons. The van der Waals surface area contributed by atoms with E-state index in [1.54, 1.807) is 36.7 Å². The fourth-order valence-corrected chi connectivity index (χ4v) is 5.43. The first-order valence-corrected chi connectivity index (χ1v) is 12.6. The van der Waals surface area contributed by atoms with Crippen LogP contribution in [-0.4, -0.2) is 108 Å². The third-order valence-electron chi connectivity index (χ3n) is 6.36. The number of aliphatic hydroxyl groups excluding tert-OH is 2. The third-order valence-corrected chi connectivity index (χ3v) is 7.04. The van der Waals surface area contributed by atoms with Gasteiger partial charge >= 0.3 is 22.5 Å². The van der Waals surface area contributed by atoms with Crippen LogP contribution < -0.4 is 0 Å². The molecule has 17 heteroatoms. The molecule has 4 aliphatic heterocycles. The number of hydroxylamine groups is 4. The Bertz CT molecular complexity index is 1330. The van der Waals surface area contributed by atoms with Gasteiger partial charge in [0.1, 0.15) is 12.1 Å². The first kappa shape index (κ1) is 23.6. The van der Waals surface area contributed by atoms with Crippen molar-refractivity contribution in [1.29, 1.82) is 0 Å². The van der Waals surface area contributed by atoms with Gasteiger partial charge in [-0.1, -0.05) is 0 Å². The summed E-state index contributed by atoms with van der Waals surface area (Å²) in [6.45, 7) is 0.209. The predicted molar refractivity (Wildman–Crippen MR) is 121 cm³/mol. The second-order valence-corrected chi connectivity index (χ2v) is 9.92. The van der Waals surface area contributed by atoms with Gasteiger partial charge < -0.3 is 20.0 Å². The highest BCUT2D eigenvalue weighted by Gasteiger charge is 2.47. The normalized spacial score (nSPS) is 23.3. The van der Waals surface area contributed by atoms with E-state index in [1.165, 1.54) is 19.2 Å². The summed E-state index contributed by atoms with van der Waals surface area (Å²) in [7, 11) is -4.87. The van der Waals surface area contributed by atoms with E-state index in [-0.39, 0.29) is 39.4 Å². The van der Waals surface area contributed by atoms with Crippen molar-refractivity contribution in [3.05, 3.63) is 48.1 Å². The van der Waals surface area contributed by atoms with Gasteiger partial charge in [0, 0.05) is 25.5 Å². The van der Waals surface area contributed by atoms with Crippen molar-refractivity contribution in [2.75, 3.05) is 26.2 Å². The van der Waals surface area contributed by atoms with Crippen molar-refractivity contribution in [2.24, 2.45) is 0 Å². The summed E-state index contributed by atoms with van der Waals surface area (Å²) >= 11 is 0. The van der Waals surface area contributed by atoms with Crippen molar-refractivity contribution >= 4 is 33.9 Å². The monoisotopic (exact) mass is 534 g/mol. The molecule has 0 aliphatic carbocycles. The zero-order chi connectivity index (χ0) is 25.9. The highest BCUT2D eigenvalue weighted by molar-refractivity contribution is 7.81. The molecular formula is C20H22N8O8S. The lowest BCUT2D eigenvalue weighted by Crippen LogP contribution is -2.40. The summed E-state index contributed by atoms with van der Waals surface area (Å²) in [6, 6.07) is 0.375. The molecule has 2 aromatic heterocycles. The van der Waals surface area contributed by atoms with Crippen LogP contribution in [0.25, 0.3) is 11.4 Å². The van der Waals surface area contributed by atoms with Gasteiger partial charge in [-0.15, -0.1) is 8.57 Å². The number of carbonyl (C=O) groups excluding carboxylic acids is 2. The van der Waals surface area contributed by atoms with Crippen LogP contribution in [-0.2, 0) is 32.2 Å². The number of amides is 4. The number of hydrogen-bond acceptors (Lipinski definition) is 10. The Morgan fingerprint density at radius 3 is 1.62 bits per heavy atom. The van der Waals surface area contributed by atoms with Crippen LogP contribution in [0.5, 0.6) is 0 Å². The lowest BCUT2D eigenvalue weighted by molar-refractivity contribution is -0.0723. The minimum Gasteiger partial charge on any atom is -0.390 e. The molecule has 4 amide bonds. The Morgan fingerprint density at radius 1 is 0.811 bits per heavy atom. The van der Waals surface area contributed by atoms with Crippen molar-refractivity contribution in [1.82, 2.24) is 39.5 Å². The molecule has 6 rings (SSSR count). The van der Waals surface area contributed by atoms with Crippen LogP contribution >= 0.6 is 0 Å². The molecule has 0 saturated carbocycles. The molecule has 37 heavy (non-hydrogen) atoms. The van der Waals surface area contributed by atoms with Crippen molar-refractivity contribution in [3.63, 3.8) is 0 Å². The fraction of sp³-hybridized carbons (Fsp3) is 0.400. The number of aliphatic hydroxyl groups is 2. The van der Waals surface area contributed by atoms with E-state index < -0.39 is 34.5 Å². The smallest absolute Gasteiger partial charge is 0.390 e. The van der Waals surface area contributed by atoms with Crippen molar-refractivity contribution < 1.29 is 36.8 Å². The Hall–Kier alpha value is -3.77. The zero-order valence-electron chi connectivity index (χ0n) is 19.2. The molecule has 2 unspecified atom stereocenters. The van der Waals surface area contributed by atoms with Gasteiger partial charge in [-0.3, -0.25) is 0 Å². The van der Waals surface area contributed by atoms with E-state index in [1.807, 2.05) is 0 Å². The number of carbonyl (C=O) groups is 2. The first-order valence-electron chi connectivity index (χ1n) is 11.3. The van der Waals surface area contributed by atoms with E-state index >= 15 is 0 Å². The number of urea groups is 2. The fourth-order valence-electron chi connectivity index (χ4n) is 4.66. The summed E-state index contributed by atoms with van der Waals surface area (Å²) in [5, 5.41) is 28.3. The highest BCUT2D eigenvalue weighted by atomic mass is 32.3. The maximum absolute atomic E-state index is 12.8. The van der Waals surface area contributed by atoms with Crippen LogP contribution in [0.4, 0.5) is 9.59 Å². The standard InChI is InChI=1S/C20H22N8O8S/c29-11-13-1-3-25(21-13)15-5-17-9-23(7-15)19(31)27(17)35-37(33,34)36-28-18-6-16(8-24(10-18)20(28)32)26-4-2-14(12-30)22-26/h1-6,17-18,29-30H,7-12H2. The maximum Gasteiger partial charge on any atom is 0.442 e. The summed E-state index contributed by atoms with van der Waals surface area (Å²) in [4.78, 5) is 28.4. The molecular weight excluding hydrogens is 512 g/mol. The lowest BCUT2D eigenvalue weighted by Gasteiger charge is -2.22. The Labute approximate surface area is 210 Å². The second-order valence-electron chi connectivity index (χ2n) is 8.81. The maximum atomic E-state index is 12.8. The summed E-state index contributed by atoms with van der Waals surface area (Å²) < 4.78 is 38.6. The summed E-state index contributed by atoms with van der Waals surface area (Å²) in [5.41, 5.74) is 2.09. The number of fused-ring (bicyclic) bond motifs is 4. The number of aromatic nitrogens is 4. The highest BCUT2D eigenvalue weighted by Crippen LogP contribution is 2.30. The van der Waals surface area contributed by atoms with Gasteiger partial charge in [0.15, 0.2) is 0 Å². The van der Waals surface area contributed by atoms with Crippen molar-refractivity contribution in [2.45, 2.75) is 25.3 Å². The van der Waals surface area contributed by atoms with Gasteiger partial charge in [0.2, 0.25) is 0 Å². The SMILES string of the molecule is O=C1N2CC(n3ccc(CO)n3)=CC(C2)N1OS(=O)(=O)ON1C(=O)N2CC(n3ccc(CO)n3)=CC1C2. The number of rotatable bonds is 8. The van der Waals surface area contributed by atoms with Gasteiger partial charge in [0.05, 0.1) is 49.1 Å². The Balaban J connectivity index is 1.18. The van der Waals surface area contributed by atoms with Gasteiger partial charge in [-0.2, -0.15) is 28.7 Å². The lowest BCUT2D eigenvalue weighted by atomic mass is 10.2. The summed E-state index contributed by atoms with van der Waals surface area (Å²) in [5.74, 6) is 0. The van der Waals surface area contributed by atoms with Gasteiger partial charge in [0.25, 0.3) is 0 Å². The van der Waals surface area contributed by atoms with Crippen LogP contribution in [0.3, 0.4) is 0 Å². The molecule has 4 bridgehead atoms. The molecule has 16 nitrogen and oxygen atoms in total. The van der Waals surface area contributed by atoms with E-state index in [4.69, 9.17) is 8.57 Å². The number of nitrogens with zero attached hydrogens (tertiary/aromatic N) is 8. The van der Waals surface area contributed by atoms with E-state index in [2.05, 4.69) is 10.2 Å². The largest absolute Gasteiger partial charge is 0.442 e. The van der Waals surface area contributed by atoms with Crippen LogP contribution in [0.2, 0.25) is 0 Å². The zero-order valence-corrected chi connectivity index (χ0v) is 20.0. The minimum absolute atomic E-state index is 0.156. The minimum atomic E-state index is -4.87. The third kappa shape index (κ3) is 4.15. The molecule has 2 saturated heterocycles. The molecule has 0 radical (unpaired) electrons. The van der Waals surface area contributed by atoms with E-state index in [9.17, 15) is 28.2 Å². The average molecular weight is 535 g/mol. The Morgan fingerprint density at radius 2 is 1.24 bits per heavy atom. The van der Waals surface area contributed by atoms with Gasteiger partial charge in [-0.25, -0.2) is 19.0 Å². The van der Waals surface area contributed by atoms with Crippen molar-refractivity contribution in [3.8, 4) is 0 Å². The van der Waals surface area contributed by atoms with Gasteiger partial charge in [-0.05, 0) is 24.3 Å². The van der Waals surface area contributed by atoms with Crippen LogP contribution in [0.1, 0.15) is 11.4 Å². The topological polar surface area (TPSA) is 176 Å². The second kappa shape index (κ2) is 8.67. The summed E-state index contributed by atoms with van der Waals surface area (Å²) in [6.07, 6.45) is 6.54. The molecule has 6 heterocycles. The van der Waals surface area contributed by atoms with E-state index in [0.717, 1.165) is 0 Å². The molecule has 0 aromatic carbocycles. The first-order chi connectivity index (χ1) is 17.7. The molecule has 2 N–H and O–H groups in total. The number of hydrogen-bond donors (Lipinski definition) is 2. The molecule has 2 atom stereocenters.